The Bertz CT molecular complexity index is 572. The number of hydrogen-bond donors (Lipinski definition) is 2. The lowest BCUT2D eigenvalue weighted by Gasteiger charge is -2.10. The van der Waals surface area contributed by atoms with E-state index in [0.717, 1.165) is 9.26 Å². The molecule has 2 aromatic rings. The van der Waals surface area contributed by atoms with Crippen LogP contribution < -0.4 is 10.6 Å². The highest BCUT2D eigenvalue weighted by Crippen LogP contribution is 2.19. The topological polar surface area (TPSA) is 54.0 Å². The molecule has 0 fully saturated rings. The SMILES string of the molecule is CNc1cnccc1C(=O)Nc1ccccc1I. The lowest BCUT2D eigenvalue weighted by Crippen LogP contribution is -2.14. The van der Waals surface area contributed by atoms with Gasteiger partial charge in [-0.05, 0) is 40.8 Å². The summed E-state index contributed by atoms with van der Waals surface area (Å²) in [5, 5.41) is 5.84. The lowest BCUT2D eigenvalue weighted by molar-refractivity contribution is 0.102. The van der Waals surface area contributed by atoms with Crippen LogP contribution >= 0.6 is 22.6 Å². The Morgan fingerprint density at radius 3 is 2.72 bits per heavy atom. The van der Waals surface area contributed by atoms with Gasteiger partial charge in [0.05, 0.1) is 23.1 Å². The van der Waals surface area contributed by atoms with E-state index in [4.69, 9.17) is 0 Å². The Balaban J connectivity index is 2.25. The molecule has 0 aliphatic heterocycles. The minimum absolute atomic E-state index is 0.147. The van der Waals surface area contributed by atoms with Crippen LogP contribution in [0.2, 0.25) is 0 Å². The number of carbonyl (C=O) groups excluding carboxylic acids is 1. The van der Waals surface area contributed by atoms with Gasteiger partial charge in [-0.3, -0.25) is 9.78 Å². The first-order valence-corrected chi connectivity index (χ1v) is 6.48. The van der Waals surface area contributed by atoms with Gasteiger partial charge in [0, 0.05) is 16.8 Å². The summed E-state index contributed by atoms with van der Waals surface area (Å²) >= 11 is 2.19. The Hall–Kier alpha value is -1.63. The zero-order valence-corrected chi connectivity index (χ0v) is 11.9. The average molecular weight is 353 g/mol. The van der Waals surface area contributed by atoms with Crippen molar-refractivity contribution < 1.29 is 4.79 Å². The van der Waals surface area contributed by atoms with Crippen molar-refractivity contribution in [2.75, 3.05) is 17.7 Å². The molecule has 0 bridgehead atoms. The van der Waals surface area contributed by atoms with Gasteiger partial charge in [0.1, 0.15) is 0 Å². The molecule has 0 saturated carbocycles. The number of hydrogen-bond acceptors (Lipinski definition) is 3. The first-order chi connectivity index (χ1) is 8.72. The van der Waals surface area contributed by atoms with Crippen molar-refractivity contribution in [3.8, 4) is 0 Å². The van der Waals surface area contributed by atoms with E-state index in [0.29, 0.717) is 11.3 Å². The van der Waals surface area contributed by atoms with Crippen LogP contribution in [0.3, 0.4) is 0 Å². The Morgan fingerprint density at radius 1 is 1.22 bits per heavy atom. The van der Waals surface area contributed by atoms with Crippen LogP contribution in [0.1, 0.15) is 10.4 Å². The number of amides is 1. The summed E-state index contributed by atoms with van der Waals surface area (Å²) in [4.78, 5) is 16.1. The van der Waals surface area contributed by atoms with Gasteiger partial charge >= 0.3 is 0 Å². The molecule has 0 saturated heterocycles. The second-order valence-corrected chi connectivity index (χ2v) is 4.77. The number of halogens is 1. The Labute approximate surface area is 119 Å². The maximum Gasteiger partial charge on any atom is 0.257 e. The van der Waals surface area contributed by atoms with Crippen LogP contribution in [0.4, 0.5) is 11.4 Å². The fourth-order valence-electron chi connectivity index (χ4n) is 1.54. The van der Waals surface area contributed by atoms with E-state index in [2.05, 4.69) is 38.2 Å². The third-order valence-electron chi connectivity index (χ3n) is 2.46. The highest BCUT2D eigenvalue weighted by atomic mass is 127. The molecular weight excluding hydrogens is 341 g/mol. The van der Waals surface area contributed by atoms with Crippen molar-refractivity contribution in [3.63, 3.8) is 0 Å². The van der Waals surface area contributed by atoms with Crippen LogP contribution in [0.15, 0.2) is 42.7 Å². The summed E-state index contributed by atoms with van der Waals surface area (Å²) in [7, 11) is 1.76. The van der Waals surface area contributed by atoms with E-state index < -0.39 is 0 Å². The van der Waals surface area contributed by atoms with E-state index in [9.17, 15) is 4.79 Å². The molecule has 0 aliphatic carbocycles. The zero-order valence-electron chi connectivity index (χ0n) is 9.77. The summed E-state index contributed by atoms with van der Waals surface area (Å²) in [5.41, 5.74) is 2.09. The summed E-state index contributed by atoms with van der Waals surface area (Å²) in [6.45, 7) is 0. The molecule has 0 aliphatic rings. The molecule has 1 heterocycles. The minimum Gasteiger partial charge on any atom is -0.386 e. The maximum atomic E-state index is 12.2. The fourth-order valence-corrected chi connectivity index (χ4v) is 2.07. The summed E-state index contributed by atoms with van der Waals surface area (Å²) in [5.74, 6) is -0.147. The van der Waals surface area contributed by atoms with E-state index in [1.54, 1.807) is 25.5 Å². The number of nitrogens with one attached hydrogen (secondary N) is 2. The molecule has 5 heteroatoms. The van der Waals surface area contributed by atoms with Crippen LogP contribution in [0.5, 0.6) is 0 Å². The number of benzene rings is 1. The summed E-state index contributed by atoms with van der Waals surface area (Å²) in [6.07, 6.45) is 3.23. The number of para-hydroxylation sites is 1. The molecule has 1 amide bonds. The molecule has 2 N–H and O–H groups in total. The van der Waals surface area contributed by atoms with Crippen molar-refractivity contribution >= 4 is 39.9 Å². The monoisotopic (exact) mass is 353 g/mol. The third-order valence-corrected chi connectivity index (χ3v) is 3.40. The van der Waals surface area contributed by atoms with Gasteiger partial charge in [-0.2, -0.15) is 0 Å². The third kappa shape index (κ3) is 2.79. The zero-order chi connectivity index (χ0) is 13.0. The van der Waals surface area contributed by atoms with Gasteiger partial charge in [0.15, 0.2) is 0 Å². The maximum absolute atomic E-state index is 12.2. The molecule has 1 aromatic carbocycles. The van der Waals surface area contributed by atoms with E-state index in [-0.39, 0.29) is 5.91 Å². The van der Waals surface area contributed by atoms with Gasteiger partial charge in [-0.25, -0.2) is 0 Å². The quantitative estimate of drug-likeness (QED) is 0.835. The van der Waals surface area contributed by atoms with Crippen LogP contribution in [-0.4, -0.2) is 17.9 Å². The highest BCUT2D eigenvalue weighted by Gasteiger charge is 2.11. The summed E-state index contributed by atoms with van der Waals surface area (Å²) < 4.78 is 1.00. The van der Waals surface area contributed by atoms with Crippen molar-refractivity contribution in [3.05, 3.63) is 51.9 Å². The van der Waals surface area contributed by atoms with Crippen LogP contribution in [0.25, 0.3) is 0 Å². The van der Waals surface area contributed by atoms with E-state index in [1.165, 1.54) is 0 Å². The predicted octanol–water partition coefficient (Wildman–Crippen LogP) is 2.98. The van der Waals surface area contributed by atoms with Crippen molar-refractivity contribution in [2.45, 2.75) is 0 Å². The number of nitrogens with zero attached hydrogens (tertiary/aromatic N) is 1. The van der Waals surface area contributed by atoms with Gasteiger partial charge < -0.3 is 10.6 Å². The molecular formula is C13H12IN3O. The van der Waals surface area contributed by atoms with Crippen molar-refractivity contribution in [1.82, 2.24) is 4.98 Å². The first-order valence-electron chi connectivity index (χ1n) is 5.40. The first kappa shape index (κ1) is 12.8. The van der Waals surface area contributed by atoms with Gasteiger partial charge in [0.2, 0.25) is 0 Å². The van der Waals surface area contributed by atoms with Gasteiger partial charge in [-0.1, -0.05) is 12.1 Å². The number of aromatic nitrogens is 1. The second kappa shape index (κ2) is 5.81. The molecule has 0 unspecified atom stereocenters. The molecule has 0 atom stereocenters. The smallest absolute Gasteiger partial charge is 0.257 e. The Kier molecular flexibility index (Phi) is 4.14. The van der Waals surface area contributed by atoms with E-state index in [1.807, 2.05) is 24.3 Å². The molecule has 18 heavy (non-hydrogen) atoms. The number of pyridine rings is 1. The highest BCUT2D eigenvalue weighted by molar-refractivity contribution is 14.1. The molecule has 0 radical (unpaired) electrons. The van der Waals surface area contributed by atoms with Crippen molar-refractivity contribution in [2.24, 2.45) is 0 Å². The van der Waals surface area contributed by atoms with Gasteiger partial charge in [-0.15, -0.1) is 0 Å². The lowest BCUT2D eigenvalue weighted by atomic mass is 10.2. The van der Waals surface area contributed by atoms with Crippen LogP contribution in [-0.2, 0) is 0 Å². The largest absolute Gasteiger partial charge is 0.386 e. The second-order valence-electron chi connectivity index (χ2n) is 3.61. The van der Waals surface area contributed by atoms with Crippen LogP contribution in [0, 0.1) is 3.57 Å². The molecule has 0 spiro atoms. The molecule has 1 aromatic heterocycles. The minimum atomic E-state index is -0.147. The van der Waals surface area contributed by atoms with Crippen molar-refractivity contribution in [1.29, 1.82) is 0 Å². The molecule has 4 nitrogen and oxygen atoms in total. The predicted molar refractivity (Wildman–Crippen MR) is 80.9 cm³/mol. The molecule has 92 valence electrons. The Morgan fingerprint density at radius 2 is 2.00 bits per heavy atom. The van der Waals surface area contributed by atoms with Gasteiger partial charge in [0.25, 0.3) is 5.91 Å². The number of rotatable bonds is 3. The fraction of sp³-hybridized carbons (Fsp3) is 0.0769. The van der Waals surface area contributed by atoms with E-state index >= 15 is 0 Å². The normalized spacial score (nSPS) is 9.89. The average Bonchev–Trinajstić information content (AvgIpc) is 2.41. The molecule has 2 rings (SSSR count). The standard InChI is InChI=1S/C13H12IN3O/c1-15-12-8-16-7-6-9(12)13(18)17-11-5-3-2-4-10(11)14/h2-8,15H,1H3,(H,17,18). The summed E-state index contributed by atoms with van der Waals surface area (Å²) in [6, 6.07) is 9.34. The number of carbonyl (C=O) groups is 1. The number of anilines is 2.